The number of benzene rings is 1. The zero-order valence-electron chi connectivity index (χ0n) is 11.2. The molecule has 0 amide bonds. The van der Waals surface area contributed by atoms with Crippen LogP contribution in [-0.2, 0) is 0 Å². The van der Waals surface area contributed by atoms with E-state index in [-0.39, 0.29) is 6.04 Å². The molecule has 0 aliphatic heterocycles. The van der Waals surface area contributed by atoms with Crippen molar-refractivity contribution in [3.05, 3.63) is 57.8 Å². The number of aryl methyl sites for hydroxylation is 2. The van der Waals surface area contributed by atoms with E-state index in [4.69, 9.17) is 5.73 Å². The normalized spacial score (nSPS) is 12.2. The van der Waals surface area contributed by atoms with Crippen LogP contribution < -0.4 is 11.1 Å². The maximum Gasteiger partial charge on any atom is 0.0651 e. The lowest BCUT2D eigenvalue weighted by atomic mass is 10.1. The van der Waals surface area contributed by atoms with Gasteiger partial charge in [-0.15, -0.1) is 0 Å². The number of nitrogens with two attached hydrogens (primary N) is 1. The predicted molar refractivity (Wildman–Crippen MR) is 83.3 cm³/mol. The minimum absolute atomic E-state index is 0.0775. The zero-order valence-corrected chi connectivity index (χ0v) is 12.7. The summed E-state index contributed by atoms with van der Waals surface area (Å²) < 4.78 is 1.16. The maximum atomic E-state index is 5.86. The molecule has 0 radical (unpaired) electrons. The molecule has 0 aliphatic rings. The first-order chi connectivity index (χ1) is 9.11. The highest BCUT2D eigenvalue weighted by Gasteiger charge is 2.10. The molecule has 3 N–H and O–H groups in total. The van der Waals surface area contributed by atoms with Crippen LogP contribution in [0.1, 0.15) is 22.7 Å². The van der Waals surface area contributed by atoms with E-state index in [9.17, 15) is 0 Å². The second-order valence-corrected chi connectivity index (χ2v) is 5.44. The summed E-state index contributed by atoms with van der Waals surface area (Å²) in [6.07, 6.45) is 3.62. The number of nitrogens with zero attached hydrogens (tertiary/aromatic N) is 1. The topological polar surface area (TPSA) is 50.9 Å². The molecule has 0 saturated heterocycles. The number of pyridine rings is 1. The van der Waals surface area contributed by atoms with Crippen molar-refractivity contribution in [3.63, 3.8) is 0 Å². The number of nitrogens with one attached hydrogen (secondary N) is 1. The molecule has 19 heavy (non-hydrogen) atoms. The third-order valence-electron chi connectivity index (χ3n) is 3.10. The van der Waals surface area contributed by atoms with Crippen LogP contribution in [0.25, 0.3) is 0 Å². The first kappa shape index (κ1) is 14.0. The fourth-order valence-electron chi connectivity index (χ4n) is 2.09. The average Bonchev–Trinajstić information content (AvgIpc) is 2.43. The third-order valence-corrected chi connectivity index (χ3v) is 4.35. The molecule has 1 atom stereocenters. The molecule has 1 unspecified atom stereocenters. The van der Waals surface area contributed by atoms with Crippen molar-refractivity contribution in [2.75, 3.05) is 11.9 Å². The van der Waals surface area contributed by atoms with Crippen molar-refractivity contribution in [2.45, 2.75) is 19.9 Å². The summed E-state index contributed by atoms with van der Waals surface area (Å²) in [4.78, 5) is 4.14. The number of hydrogen-bond acceptors (Lipinski definition) is 3. The van der Waals surface area contributed by atoms with Crippen molar-refractivity contribution in [1.82, 2.24) is 4.98 Å². The van der Waals surface area contributed by atoms with Gasteiger partial charge in [0.25, 0.3) is 0 Å². The van der Waals surface area contributed by atoms with Gasteiger partial charge in [-0.05, 0) is 48.7 Å². The molecular formula is C15H18BrN3. The Labute approximate surface area is 122 Å². The number of rotatable bonds is 4. The summed E-state index contributed by atoms with van der Waals surface area (Å²) in [5, 5.41) is 3.47. The Hall–Kier alpha value is -1.39. The van der Waals surface area contributed by atoms with Crippen molar-refractivity contribution >= 4 is 21.6 Å². The minimum atomic E-state index is 0.0775. The lowest BCUT2D eigenvalue weighted by Gasteiger charge is -2.19. The van der Waals surface area contributed by atoms with E-state index in [0.717, 1.165) is 15.7 Å². The van der Waals surface area contributed by atoms with E-state index >= 15 is 0 Å². The summed E-state index contributed by atoms with van der Waals surface area (Å²) in [7, 11) is 0. The zero-order chi connectivity index (χ0) is 13.8. The molecule has 1 heterocycles. The highest BCUT2D eigenvalue weighted by atomic mass is 79.9. The van der Waals surface area contributed by atoms with Crippen molar-refractivity contribution in [2.24, 2.45) is 5.73 Å². The van der Waals surface area contributed by atoms with Crippen molar-refractivity contribution in [1.29, 1.82) is 0 Å². The standard InChI is InChI=1S/C15H18BrN3/c1-10-6-13(7-11(2)15(10)16)19-14(8-17)12-4-3-5-18-9-12/h3-7,9,14,19H,8,17H2,1-2H3. The minimum Gasteiger partial charge on any atom is -0.377 e. The van der Waals surface area contributed by atoms with E-state index in [2.05, 4.69) is 52.2 Å². The highest BCUT2D eigenvalue weighted by Crippen LogP contribution is 2.27. The number of anilines is 1. The van der Waals surface area contributed by atoms with Gasteiger partial charge in [0.05, 0.1) is 6.04 Å². The first-order valence-electron chi connectivity index (χ1n) is 6.25. The third kappa shape index (κ3) is 3.33. The van der Waals surface area contributed by atoms with Gasteiger partial charge in [0.15, 0.2) is 0 Å². The summed E-state index contributed by atoms with van der Waals surface area (Å²) in [6.45, 7) is 4.70. The molecule has 4 heteroatoms. The van der Waals surface area contributed by atoms with E-state index in [0.29, 0.717) is 6.54 Å². The van der Waals surface area contributed by atoms with E-state index in [1.54, 1.807) is 6.20 Å². The van der Waals surface area contributed by atoms with Crippen LogP contribution in [-0.4, -0.2) is 11.5 Å². The molecule has 0 bridgehead atoms. The van der Waals surface area contributed by atoms with Crippen LogP contribution >= 0.6 is 15.9 Å². The Morgan fingerprint density at radius 3 is 2.53 bits per heavy atom. The lowest BCUT2D eigenvalue weighted by Crippen LogP contribution is -2.20. The smallest absolute Gasteiger partial charge is 0.0651 e. The molecular weight excluding hydrogens is 302 g/mol. The largest absolute Gasteiger partial charge is 0.377 e. The van der Waals surface area contributed by atoms with Gasteiger partial charge in [0.2, 0.25) is 0 Å². The Bertz CT molecular complexity index is 532. The summed E-state index contributed by atoms with van der Waals surface area (Å²) >= 11 is 3.58. The second kappa shape index (κ2) is 6.17. The molecule has 2 rings (SSSR count). The van der Waals surface area contributed by atoms with Gasteiger partial charge in [-0.1, -0.05) is 22.0 Å². The van der Waals surface area contributed by atoms with Crippen LogP contribution in [0.4, 0.5) is 5.69 Å². The molecule has 1 aromatic heterocycles. The molecule has 0 aliphatic carbocycles. The molecule has 2 aromatic rings. The maximum absolute atomic E-state index is 5.86. The van der Waals surface area contributed by atoms with Crippen LogP contribution in [0.15, 0.2) is 41.1 Å². The van der Waals surface area contributed by atoms with E-state index in [1.165, 1.54) is 11.1 Å². The predicted octanol–water partition coefficient (Wildman–Crippen LogP) is 3.57. The average molecular weight is 320 g/mol. The fourth-order valence-corrected chi connectivity index (χ4v) is 2.32. The summed E-state index contributed by atoms with van der Waals surface area (Å²) in [6, 6.07) is 8.29. The van der Waals surface area contributed by atoms with E-state index in [1.807, 2.05) is 18.3 Å². The summed E-state index contributed by atoms with van der Waals surface area (Å²) in [5.74, 6) is 0. The van der Waals surface area contributed by atoms with Crippen LogP contribution in [0, 0.1) is 13.8 Å². The Morgan fingerprint density at radius 2 is 2.00 bits per heavy atom. The molecule has 100 valence electrons. The number of halogens is 1. The Kier molecular flexibility index (Phi) is 4.56. The van der Waals surface area contributed by atoms with Gasteiger partial charge in [-0.25, -0.2) is 0 Å². The number of aromatic nitrogens is 1. The van der Waals surface area contributed by atoms with Crippen molar-refractivity contribution < 1.29 is 0 Å². The molecule has 3 nitrogen and oxygen atoms in total. The van der Waals surface area contributed by atoms with Crippen LogP contribution in [0.5, 0.6) is 0 Å². The molecule has 0 fully saturated rings. The molecule has 1 aromatic carbocycles. The lowest BCUT2D eigenvalue weighted by molar-refractivity contribution is 0.784. The van der Waals surface area contributed by atoms with E-state index < -0.39 is 0 Å². The van der Waals surface area contributed by atoms with Gasteiger partial charge in [0, 0.05) is 29.1 Å². The highest BCUT2D eigenvalue weighted by molar-refractivity contribution is 9.10. The van der Waals surface area contributed by atoms with Crippen LogP contribution in [0.3, 0.4) is 0 Å². The number of hydrogen-bond donors (Lipinski definition) is 2. The monoisotopic (exact) mass is 319 g/mol. The molecule has 0 saturated carbocycles. The summed E-state index contributed by atoms with van der Waals surface area (Å²) in [5.41, 5.74) is 10.5. The fraction of sp³-hybridized carbons (Fsp3) is 0.267. The first-order valence-corrected chi connectivity index (χ1v) is 7.04. The van der Waals surface area contributed by atoms with Gasteiger partial charge >= 0.3 is 0 Å². The SMILES string of the molecule is Cc1cc(NC(CN)c2cccnc2)cc(C)c1Br. The van der Waals surface area contributed by atoms with Gasteiger partial charge in [-0.2, -0.15) is 0 Å². The quantitative estimate of drug-likeness (QED) is 0.905. The van der Waals surface area contributed by atoms with Gasteiger partial charge in [0.1, 0.15) is 0 Å². The van der Waals surface area contributed by atoms with Gasteiger partial charge < -0.3 is 11.1 Å². The Morgan fingerprint density at radius 1 is 1.32 bits per heavy atom. The van der Waals surface area contributed by atoms with Gasteiger partial charge in [-0.3, -0.25) is 4.98 Å². The van der Waals surface area contributed by atoms with Crippen LogP contribution in [0.2, 0.25) is 0 Å². The second-order valence-electron chi connectivity index (χ2n) is 4.64. The molecule has 0 spiro atoms. The van der Waals surface area contributed by atoms with Crippen molar-refractivity contribution in [3.8, 4) is 0 Å². The Balaban J connectivity index is 2.24.